The summed E-state index contributed by atoms with van der Waals surface area (Å²) in [4.78, 5) is 15.8. The van der Waals surface area contributed by atoms with E-state index in [1.165, 1.54) is 12.0 Å². The number of pyridine rings is 1. The smallest absolute Gasteiger partial charge is 0.228 e. The Morgan fingerprint density at radius 2 is 1.96 bits per heavy atom. The lowest BCUT2D eigenvalue weighted by Crippen LogP contribution is -2.23. The van der Waals surface area contributed by atoms with Gasteiger partial charge in [-0.1, -0.05) is 18.2 Å². The average molecular weight is 361 g/mol. The molecular formula is C21H23N5O. The first-order chi connectivity index (χ1) is 13.3. The van der Waals surface area contributed by atoms with Crippen molar-refractivity contribution in [1.82, 2.24) is 19.9 Å². The summed E-state index contributed by atoms with van der Waals surface area (Å²) in [7, 11) is 1.69. The normalized spacial score (nSPS) is 17.0. The molecule has 1 aliphatic heterocycles. The van der Waals surface area contributed by atoms with Gasteiger partial charge < -0.3 is 10.1 Å². The maximum absolute atomic E-state index is 5.25. The van der Waals surface area contributed by atoms with Crippen molar-refractivity contribution in [1.29, 1.82) is 0 Å². The molecule has 1 aliphatic rings. The molecule has 3 aromatic rings. The van der Waals surface area contributed by atoms with Crippen LogP contribution in [0.4, 0.5) is 11.8 Å². The van der Waals surface area contributed by atoms with Gasteiger partial charge >= 0.3 is 0 Å². The van der Waals surface area contributed by atoms with Gasteiger partial charge in [0.25, 0.3) is 0 Å². The fraction of sp³-hybridized carbons (Fsp3) is 0.286. The number of rotatable bonds is 6. The number of nitrogens with zero attached hydrogens (tertiary/aromatic N) is 4. The van der Waals surface area contributed by atoms with Crippen LogP contribution in [0, 0.1) is 0 Å². The van der Waals surface area contributed by atoms with E-state index in [0.717, 1.165) is 36.8 Å². The zero-order valence-electron chi connectivity index (χ0n) is 15.4. The van der Waals surface area contributed by atoms with Crippen LogP contribution in [0.25, 0.3) is 0 Å². The highest BCUT2D eigenvalue weighted by atomic mass is 16.5. The molecule has 0 aliphatic carbocycles. The monoisotopic (exact) mass is 361 g/mol. The number of benzene rings is 1. The minimum absolute atomic E-state index is 0.305. The molecule has 1 aromatic carbocycles. The zero-order chi connectivity index (χ0) is 18.5. The standard InChI is InChI=1S/C21H23N5O/c1-27-17-9-7-16(8-10-17)15-26-14-4-5-19(26)18-11-13-23-21(24-18)25-20-6-2-3-12-22-20/h2-3,6-13,19H,4-5,14-15H2,1H3,(H,22,23,24,25). The summed E-state index contributed by atoms with van der Waals surface area (Å²) in [5, 5.41) is 3.18. The van der Waals surface area contributed by atoms with Crippen molar-refractivity contribution in [2.45, 2.75) is 25.4 Å². The van der Waals surface area contributed by atoms with Crippen molar-refractivity contribution < 1.29 is 4.74 Å². The van der Waals surface area contributed by atoms with Crippen LogP contribution in [-0.4, -0.2) is 33.5 Å². The molecule has 1 saturated heterocycles. The topological polar surface area (TPSA) is 63.2 Å². The Labute approximate surface area is 159 Å². The van der Waals surface area contributed by atoms with Crippen molar-refractivity contribution in [3.8, 4) is 5.75 Å². The Bertz CT molecular complexity index is 869. The maximum Gasteiger partial charge on any atom is 0.228 e. The SMILES string of the molecule is COc1ccc(CN2CCCC2c2ccnc(Nc3ccccn3)n2)cc1. The highest BCUT2D eigenvalue weighted by molar-refractivity contribution is 5.46. The number of hydrogen-bond donors (Lipinski definition) is 1. The highest BCUT2D eigenvalue weighted by Crippen LogP contribution is 2.32. The first-order valence-electron chi connectivity index (χ1n) is 9.20. The molecule has 1 N–H and O–H groups in total. The number of hydrogen-bond acceptors (Lipinski definition) is 6. The van der Waals surface area contributed by atoms with Crippen LogP contribution in [0.15, 0.2) is 60.9 Å². The van der Waals surface area contributed by atoms with Gasteiger partial charge in [-0.25, -0.2) is 15.0 Å². The fourth-order valence-corrected chi connectivity index (χ4v) is 3.49. The predicted octanol–water partition coefficient (Wildman–Crippen LogP) is 3.96. The first-order valence-corrected chi connectivity index (χ1v) is 9.20. The largest absolute Gasteiger partial charge is 0.497 e. The van der Waals surface area contributed by atoms with E-state index in [9.17, 15) is 0 Å². The second kappa shape index (κ2) is 8.14. The van der Waals surface area contributed by atoms with Crippen LogP contribution in [0.1, 0.15) is 30.1 Å². The van der Waals surface area contributed by atoms with Crippen molar-refractivity contribution in [2.75, 3.05) is 19.0 Å². The summed E-state index contributed by atoms with van der Waals surface area (Å²) >= 11 is 0. The molecular weight excluding hydrogens is 338 g/mol. The van der Waals surface area contributed by atoms with Crippen molar-refractivity contribution in [2.24, 2.45) is 0 Å². The van der Waals surface area contributed by atoms with Crippen molar-refractivity contribution in [3.63, 3.8) is 0 Å². The Morgan fingerprint density at radius 3 is 2.74 bits per heavy atom. The predicted molar refractivity (Wildman–Crippen MR) is 105 cm³/mol. The minimum Gasteiger partial charge on any atom is -0.497 e. The van der Waals surface area contributed by atoms with Crippen LogP contribution >= 0.6 is 0 Å². The summed E-state index contributed by atoms with van der Waals surface area (Å²) in [6, 6.07) is 16.3. The third kappa shape index (κ3) is 4.23. The summed E-state index contributed by atoms with van der Waals surface area (Å²) < 4.78 is 5.25. The van der Waals surface area contributed by atoms with Crippen molar-refractivity contribution in [3.05, 3.63) is 72.2 Å². The Hall–Kier alpha value is -2.99. The van der Waals surface area contributed by atoms with E-state index >= 15 is 0 Å². The van der Waals surface area contributed by atoms with E-state index in [4.69, 9.17) is 9.72 Å². The van der Waals surface area contributed by atoms with Gasteiger partial charge in [0.15, 0.2) is 0 Å². The summed E-state index contributed by atoms with van der Waals surface area (Å²) in [5.74, 6) is 2.22. The lowest BCUT2D eigenvalue weighted by Gasteiger charge is -2.24. The van der Waals surface area contributed by atoms with Crippen LogP contribution < -0.4 is 10.1 Å². The summed E-state index contributed by atoms with van der Waals surface area (Å²) in [5.41, 5.74) is 2.33. The quantitative estimate of drug-likeness (QED) is 0.717. The van der Waals surface area contributed by atoms with E-state index in [0.29, 0.717) is 12.0 Å². The molecule has 1 atom stereocenters. The van der Waals surface area contributed by atoms with E-state index in [2.05, 4.69) is 32.3 Å². The molecule has 138 valence electrons. The second-order valence-electron chi connectivity index (χ2n) is 6.62. The number of ether oxygens (including phenoxy) is 1. The Morgan fingerprint density at radius 1 is 1.07 bits per heavy atom. The molecule has 3 heterocycles. The molecule has 2 aromatic heterocycles. The van der Waals surface area contributed by atoms with Gasteiger partial charge in [-0.2, -0.15) is 0 Å². The van der Waals surface area contributed by atoms with Gasteiger partial charge in [0.2, 0.25) is 5.95 Å². The Kier molecular flexibility index (Phi) is 5.25. The molecule has 1 unspecified atom stereocenters. The molecule has 0 radical (unpaired) electrons. The second-order valence-corrected chi connectivity index (χ2v) is 6.62. The molecule has 6 heteroatoms. The molecule has 0 spiro atoms. The number of likely N-dealkylation sites (tertiary alicyclic amines) is 1. The lowest BCUT2D eigenvalue weighted by molar-refractivity contribution is 0.244. The molecule has 27 heavy (non-hydrogen) atoms. The average Bonchev–Trinajstić information content (AvgIpc) is 3.18. The molecule has 0 amide bonds. The molecule has 4 rings (SSSR count). The number of aromatic nitrogens is 3. The number of methoxy groups -OCH3 is 1. The van der Waals surface area contributed by atoms with Gasteiger partial charge in [-0.3, -0.25) is 4.90 Å². The zero-order valence-corrected chi connectivity index (χ0v) is 15.4. The van der Waals surface area contributed by atoms with Crippen LogP contribution in [0.3, 0.4) is 0 Å². The van der Waals surface area contributed by atoms with Gasteiger partial charge in [0, 0.05) is 18.9 Å². The molecule has 1 fully saturated rings. The number of anilines is 2. The van der Waals surface area contributed by atoms with E-state index in [1.54, 1.807) is 13.3 Å². The van der Waals surface area contributed by atoms with Crippen LogP contribution in [0.2, 0.25) is 0 Å². The summed E-state index contributed by atoms with van der Waals surface area (Å²) in [6.07, 6.45) is 5.85. The number of nitrogens with one attached hydrogen (secondary N) is 1. The lowest BCUT2D eigenvalue weighted by atomic mass is 10.1. The third-order valence-corrected chi connectivity index (χ3v) is 4.83. The highest BCUT2D eigenvalue weighted by Gasteiger charge is 2.27. The Balaban J connectivity index is 1.48. The summed E-state index contributed by atoms with van der Waals surface area (Å²) in [6.45, 7) is 1.98. The van der Waals surface area contributed by atoms with Gasteiger partial charge in [-0.05, 0) is 55.3 Å². The van der Waals surface area contributed by atoms with E-state index < -0.39 is 0 Å². The molecule has 0 bridgehead atoms. The molecule has 0 saturated carbocycles. The maximum atomic E-state index is 5.25. The van der Waals surface area contributed by atoms with E-state index in [1.807, 2.05) is 42.6 Å². The van der Waals surface area contributed by atoms with Gasteiger partial charge in [0.1, 0.15) is 11.6 Å². The van der Waals surface area contributed by atoms with E-state index in [-0.39, 0.29) is 0 Å². The first kappa shape index (κ1) is 17.4. The van der Waals surface area contributed by atoms with Crippen molar-refractivity contribution >= 4 is 11.8 Å². The van der Waals surface area contributed by atoms with Crippen LogP contribution in [-0.2, 0) is 6.54 Å². The third-order valence-electron chi connectivity index (χ3n) is 4.83. The minimum atomic E-state index is 0.305. The fourth-order valence-electron chi connectivity index (χ4n) is 3.49. The molecule has 6 nitrogen and oxygen atoms in total. The van der Waals surface area contributed by atoms with Gasteiger partial charge in [-0.15, -0.1) is 0 Å². The van der Waals surface area contributed by atoms with Crippen LogP contribution in [0.5, 0.6) is 5.75 Å². The van der Waals surface area contributed by atoms with Gasteiger partial charge in [0.05, 0.1) is 18.8 Å².